The van der Waals surface area contributed by atoms with E-state index in [2.05, 4.69) is 15.4 Å². The molecule has 10 heteroatoms. The number of hydrogen-bond acceptors (Lipinski definition) is 5. The summed E-state index contributed by atoms with van der Waals surface area (Å²) in [6.07, 6.45) is 2.61. The van der Waals surface area contributed by atoms with Gasteiger partial charge in [0.25, 0.3) is 5.91 Å². The molecule has 0 aliphatic rings. The monoisotopic (exact) mass is 486 g/mol. The maximum Gasteiger partial charge on any atom is 0.255 e. The van der Waals surface area contributed by atoms with Crippen molar-refractivity contribution in [2.75, 3.05) is 0 Å². The van der Waals surface area contributed by atoms with Gasteiger partial charge in [-0.1, -0.05) is 17.7 Å². The molecule has 2 aromatic heterocycles. The van der Waals surface area contributed by atoms with E-state index in [1.807, 2.05) is 0 Å². The van der Waals surface area contributed by atoms with E-state index in [-0.39, 0.29) is 17.7 Å². The Morgan fingerprint density at radius 3 is 2.62 bits per heavy atom. The van der Waals surface area contributed by atoms with E-state index in [0.29, 0.717) is 22.6 Å². The predicted molar refractivity (Wildman–Crippen MR) is 121 cm³/mol. The smallest absolute Gasteiger partial charge is 0.255 e. The number of benzene rings is 2. The standard InChI is InChI=1S/C24H21ClF2N4O3/c1-14-19(10-22(34-14)16-3-5-17(25)6-4-16)23(32)30-15(2)24(33,11-31-13-28-12-29-31)20-8-7-18(26)9-21(20)27/h3-10,12-13,15,33H,11H2,1-2H3,(H,30,32)/t15-,24-/m1/s1. The molecule has 0 unspecified atom stereocenters. The molecule has 0 aliphatic carbocycles. The molecule has 0 fully saturated rings. The van der Waals surface area contributed by atoms with Crippen LogP contribution in [0.4, 0.5) is 8.78 Å². The van der Waals surface area contributed by atoms with Crippen molar-refractivity contribution in [1.82, 2.24) is 20.1 Å². The molecule has 2 heterocycles. The van der Waals surface area contributed by atoms with Crippen molar-refractivity contribution in [3.63, 3.8) is 0 Å². The highest BCUT2D eigenvalue weighted by atomic mass is 35.5. The number of furan rings is 1. The molecule has 2 atom stereocenters. The molecule has 2 N–H and O–H groups in total. The fourth-order valence-electron chi connectivity index (χ4n) is 3.72. The minimum absolute atomic E-state index is 0.192. The first-order chi connectivity index (χ1) is 16.2. The van der Waals surface area contributed by atoms with Crippen molar-refractivity contribution in [2.45, 2.75) is 32.0 Å². The number of halogens is 3. The van der Waals surface area contributed by atoms with Crippen LogP contribution in [0.3, 0.4) is 0 Å². The third-order valence-corrected chi connectivity index (χ3v) is 5.87. The summed E-state index contributed by atoms with van der Waals surface area (Å²) in [6, 6.07) is 10.4. The molecule has 0 bridgehead atoms. The lowest BCUT2D eigenvalue weighted by Gasteiger charge is -2.35. The van der Waals surface area contributed by atoms with E-state index >= 15 is 0 Å². The molecule has 4 aromatic rings. The summed E-state index contributed by atoms with van der Waals surface area (Å²) in [4.78, 5) is 16.9. The van der Waals surface area contributed by atoms with Crippen LogP contribution < -0.4 is 5.32 Å². The quantitative estimate of drug-likeness (QED) is 0.401. The first-order valence-electron chi connectivity index (χ1n) is 10.3. The Morgan fingerprint density at radius 1 is 1.24 bits per heavy atom. The summed E-state index contributed by atoms with van der Waals surface area (Å²) >= 11 is 5.93. The highest BCUT2D eigenvalue weighted by molar-refractivity contribution is 6.30. The molecule has 1 amide bonds. The first kappa shape index (κ1) is 23.6. The average Bonchev–Trinajstić information content (AvgIpc) is 3.43. The lowest BCUT2D eigenvalue weighted by Crippen LogP contribution is -2.51. The summed E-state index contributed by atoms with van der Waals surface area (Å²) < 4.78 is 35.3. The number of rotatable bonds is 7. The largest absolute Gasteiger partial charge is 0.461 e. The maximum absolute atomic E-state index is 14.7. The number of nitrogens with one attached hydrogen (secondary N) is 1. The van der Waals surface area contributed by atoms with Gasteiger partial charge in [-0.15, -0.1) is 0 Å². The van der Waals surface area contributed by atoms with Crippen LogP contribution in [0.2, 0.25) is 5.02 Å². The van der Waals surface area contributed by atoms with Crippen LogP contribution in [0.15, 0.2) is 65.6 Å². The molecular weight excluding hydrogens is 466 g/mol. The molecule has 0 radical (unpaired) electrons. The van der Waals surface area contributed by atoms with Gasteiger partial charge in [-0.3, -0.25) is 4.79 Å². The van der Waals surface area contributed by atoms with Crippen molar-refractivity contribution in [2.24, 2.45) is 0 Å². The first-order valence-corrected chi connectivity index (χ1v) is 10.7. The van der Waals surface area contributed by atoms with Gasteiger partial charge in [0.05, 0.1) is 18.2 Å². The number of amides is 1. The number of nitrogens with zero attached hydrogens (tertiary/aromatic N) is 3. The predicted octanol–water partition coefficient (Wildman–Crippen LogP) is 4.48. The summed E-state index contributed by atoms with van der Waals surface area (Å²) in [5, 5.41) is 18.8. The fourth-order valence-corrected chi connectivity index (χ4v) is 3.84. The number of aryl methyl sites for hydroxylation is 1. The van der Waals surface area contributed by atoms with Gasteiger partial charge in [0.15, 0.2) is 0 Å². The molecule has 7 nitrogen and oxygen atoms in total. The Labute approximate surface area is 199 Å². The zero-order valence-corrected chi connectivity index (χ0v) is 19.1. The number of hydrogen-bond donors (Lipinski definition) is 2. The van der Waals surface area contributed by atoms with Gasteiger partial charge >= 0.3 is 0 Å². The molecule has 34 heavy (non-hydrogen) atoms. The van der Waals surface area contributed by atoms with Gasteiger partial charge in [0, 0.05) is 22.2 Å². The third kappa shape index (κ3) is 4.71. The molecule has 0 spiro atoms. The van der Waals surface area contributed by atoms with Crippen LogP contribution >= 0.6 is 11.6 Å². The van der Waals surface area contributed by atoms with E-state index in [9.17, 15) is 18.7 Å². The van der Waals surface area contributed by atoms with Gasteiger partial charge in [0.1, 0.15) is 41.4 Å². The zero-order chi connectivity index (χ0) is 24.5. The Balaban J connectivity index is 1.63. The van der Waals surface area contributed by atoms with Gasteiger partial charge in [-0.05, 0) is 50.2 Å². The second kappa shape index (κ2) is 9.36. The van der Waals surface area contributed by atoms with E-state index in [1.54, 1.807) is 37.3 Å². The Morgan fingerprint density at radius 2 is 1.97 bits per heavy atom. The minimum atomic E-state index is -1.97. The molecule has 4 rings (SSSR count). The third-order valence-electron chi connectivity index (χ3n) is 5.62. The van der Waals surface area contributed by atoms with Crippen molar-refractivity contribution in [3.8, 4) is 11.3 Å². The summed E-state index contributed by atoms with van der Waals surface area (Å²) in [5.74, 6) is -1.44. The van der Waals surface area contributed by atoms with E-state index < -0.39 is 29.2 Å². The van der Waals surface area contributed by atoms with Crippen LogP contribution in [0.25, 0.3) is 11.3 Å². The second-order valence-corrected chi connectivity index (χ2v) is 8.36. The lowest BCUT2D eigenvalue weighted by atomic mass is 9.86. The van der Waals surface area contributed by atoms with E-state index in [4.69, 9.17) is 16.0 Å². The van der Waals surface area contributed by atoms with Crippen molar-refractivity contribution in [1.29, 1.82) is 0 Å². The minimum Gasteiger partial charge on any atom is -0.461 e. The average molecular weight is 487 g/mol. The SMILES string of the molecule is Cc1oc(-c2ccc(Cl)cc2)cc1C(=O)N[C@H](C)[C@](O)(Cn1cncn1)c1ccc(F)cc1F. The van der Waals surface area contributed by atoms with Gasteiger partial charge in [-0.25, -0.2) is 18.4 Å². The fraction of sp³-hybridized carbons (Fsp3) is 0.208. The van der Waals surface area contributed by atoms with Gasteiger partial charge in [-0.2, -0.15) is 5.10 Å². The second-order valence-electron chi connectivity index (χ2n) is 7.92. The Kier molecular flexibility index (Phi) is 6.49. The van der Waals surface area contributed by atoms with Crippen LogP contribution in [0, 0.1) is 18.6 Å². The van der Waals surface area contributed by atoms with E-state index in [1.165, 1.54) is 24.3 Å². The van der Waals surface area contributed by atoms with Crippen molar-refractivity contribution >= 4 is 17.5 Å². The Bertz CT molecular complexity index is 1310. The van der Waals surface area contributed by atoms with Crippen LogP contribution in [0.5, 0.6) is 0 Å². The molecular formula is C24H21ClF2N4O3. The highest BCUT2D eigenvalue weighted by Crippen LogP contribution is 2.31. The van der Waals surface area contributed by atoms with Crippen LogP contribution in [-0.4, -0.2) is 31.8 Å². The highest BCUT2D eigenvalue weighted by Gasteiger charge is 2.40. The summed E-state index contributed by atoms with van der Waals surface area (Å²) in [6.45, 7) is 2.92. The van der Waals surface area contributed by atoms with Crippen LogP contribution in [-0.2, 0) is 12.1 Å². The summed E-state index contributed by atoms with van der Waals surface area (Å²) in [5.41, 5.74) is -1.18. The molecule has 0 saturated heterocycles. The molecule has 176 valence electrons. The Hall–Kier alpha value is -3.56. The van der Waals surface area contributed by atoms with Crippen molar-refractivity contribution in [3.05, 3.63) is 94.7 Å². The summed E-state index contributed by atoms with van der Waals surface area (Å²) in [7, 11) is 0. The topological polar surface area (TPSA) is 93.2 Å². The van der Waals surface area contributed by atoms with Crippen molar-refractivity contribution < 1.29 is 23.1 Å². The zero-order valence-electron chi connectivity index (χ0n) is 18.3. The molecule has 0 saturated carbocycles. The number of aromatic nitrogens is 3. The normalized spacial score (nSPS) is 13.9. The van der Waals surface area contributed by atoms with E-state index in [0.717, 1.165) is 17.7 Å². The lowest BCUT2D eigenvalue weighted by molar-refractivity contribution is -0.0186. The maximum atomic E-state index is 14.7. The molecule has 0 aliphatic heterocycles. The number of carbonyl (C=O) groups excluding carboxylic acids is 1. The number of aliphatic hydroxyl groups is 1. The molecule has 2 aromatic carbocycles. The van der Waals surface area contributed by atoms with Gasteiger partial charge < -0.3 is 14.8 Å². The van der Waals surface area contributed by atoms with Crippen LogP contribution in [0.1, 0.15) is 28.6 Å². The van der Waals surface area contributed by atoms with Gasteiger partial charge in [0.2, 0.25) is 0 Å². The number of carbonyl (C=O) groups is 1.